The molecule has 0 atom stereocenters. The molecule has 2 heteroatoms. The van der Waals surface area contributed by atoms with Crippen LogP contribution >= 0.6 is 0 Å². The lowest BCUT2D eigenvalue weighted by Crippen LogP contribution is -2.20. The molecule has 0 aromatic heterocycles. The average Bonchev–Trinajstić information content (AvgIpc) is 2.14. The van der Waals surface area contributed by atoms with Gasteiger partial charge in [-0.2, -0.15) is 0 Å². The first kappa shape index (κ1) is 14.0. The average molecular weight is 170 g/mol. The Bertz CT molecular complexity index is 81.1. The summed E-state index contributed by atoms with van der Waals surface area (Å²) < 4.78 is 0. The molecular formula is C10H22N2. The monoisotopic (exact) mass is 170 g/mol. The molecule has 0 aliphatic carbocycles. The van der Waals surface area contributed by atoms with Crippen LogP contribution in [-0.4, -0.2) is 25.0 Å². The number of rotatable bonds is 6. The maximum atomic E-state index is 6.50. The van der Waals surface area contributed by atoms with Crippen molar-refractivity contribution in [1.82, 2.24) is 4.90 Å². The largest absolute Gasteiger partial charge is 0.306 e. The van der Waals surface area contributed by atoms with E-state index in [4.69, 9.17) is 5.26 Å². The molecule has 12 heavy (non-hydrogen) atoms. The Hall–Kier alpha value is -0.550. The van der Waals surface area contributed by atoms with Gasteiger partial charge in [0.1, 0.15) is 0 Å². The van der Waals surface area contributed by atoms with Gasteiger partial charge in [0.05, 0.1) is 0 Å². The first-order valence-corrected chi connectivity index (χ1v) is 4.75. The van der Waals surface area contributed by atoms with Gasteiger partial charge in [-0.3, -0.25) is 0 Å². The molecule has 0 rings (SSSR count). The smallest absolute Gasteiger partial charge is 0.0462 e. The van der Waals surface area contributed by atoms with Gasteiger partial charge in [-0.1, -0.05) is 26.7 Å². The fraction of sp³-hybridized carbons (Fsp3) is 0.900. The Morgan fingerprint density at radius 3 is 1.58 bits per heavy atom. The van der Waals surface area contributed by atoms with Crippen LogP contribution in [0.2, 0.25) is 0 Å². The van der Waals surface area contributed by atoms with Crippen LogP contribution in [0.15, 0.2) is 0 Å². The topological polar surface area (TPSA) is 27.0 Å². The van der Waals surface area contributed by atoms with Gasteiger partial charge < -0.3 is 4.90 Å². The molecule has 0 bridgehead atoms. The Morgan fingerprint density at radius 1 is 1.00 bits per heavy atom. The van der Waals surface area contributed by atoms with E-state index >= 15 is 0 Å². The molecule has 0 aliphatic heterocycles. The van der Waals surface area contributed by atoms with E-state index in [1.807, 2.05) is 0 Å². The molecular weight excluding hydrogens is 148 g/mol. The minimum Gasteiger partial charge on any atom is -0.306 e. The van der Waals surface area contributed by atoms with Crippen LogP contribution < -0.4 is 0 Å². The highest BCUT2D eigenvalue weighted by Gasteiger charge is 1.94. The van der Waals surface area contributed by atoms with Crippen LogP contribution in [0.4, 0.5) is 0 Å². The van der Waals surface area contributed by atoms with Crippen LogP contribution in [0, 0.1) is 11.8 Å². The fourth-order valence-electron chi connectivity index (χ4n) is 0.968. The highest BCUT2D eigenvalue weighted by molar-refractivity contribution is 4.49. The number of hydrogen-bond donors (Lipinski definition) is 0. The van der Waals surface area contributed by atoms with Crippen molar-refractivity contribution in [2.45, 2.75) is 39.5 Å². The van der Waals surface area contributed by atoms with Gasteiger partial charge in [0, 0.05) is 6.57 Å². The lowest BCUT2D eigenvalue weighted by Gasteiger charge is -2.14. The third-order valence-electron chi connectivity index (χ3n) is 1.79. The van der Waals surface area contributed by atoms with Crippen molar-refractivity contribution in [1.29, 1.82) is 5.26 Å². The van der Waals surface area contributed by atoms with E-state index in [0.29, 0.717) is 0 Å². The predicted molar refractivity (Wildman–Crippen MR) is 54.0 cm³/mol. The number of unbranched alkanes of at least 4 members (excludes halogenated alkanes) is 2. The summed E-state index contributed by atoms with van der Waals surface area (Å²) in [5.74, 6) is 0. The molecule has 0 amide bonds. The third kappa shape index (κ3) is 12.2. The summed E-state index contributed by atoms with van der Waals surface area (Å²) >= 11 is 0. The molecule has 0 fully saturated rings. The fourth-order valence-corrected chi connectivity index (χ4v) is 0.968. The van der Waals surface area contributed by atoms with Gasteiger partial charge in [-0.15, -0.1) is 0 Å². The molecule has 0 saturated carbocycles. The number of nitriles is 1. The summed E-state index contributed by atoms with van der Waals surface area (Å²) in [5, 5.41) is 6.50. The van der Waals surface area contributed by atoms with Gasteiger partial charge in [0.25, 0.3) is 0 Å². The Balaban J connectivity index is 0. The van der Waals surface area contributed by atoms with Crippen molar-refractivity contribution in [3.8, 4) is 6.57 Å². The van der Waals surface area contributed by atoms with Gasteiger partial charge >= 0.3 is 0 Å². The lowest BCUT2D eigenvalue weighted by molar-refractivity contribution is 0.322. The predicted octanol–water partition coefficient (Wildman–Crippen LogP) is 2.66. The van der Waals surface area contributed by atoms with Crippen molar-refractivity contribution < 1.29 is 0 Å². The summed E-state index contributed by atoms with van der Waals surface area (Å²) in [4.78, 5) is 2.42. The number of nitrogens with zero attached hydrogens (tertiary/aromatic N) is 2. The highest BCUT2D eigenvalue weighted by Crippen LogP contribution is 1.94. The molecule has 0 aromatic carbocycles. The quantitative estimate of drug-likeness (QED) is 0.612. The zero-order valence-electron chi connectivity index (χ0n) is 8.71. The van der Waals surface area contributed by atoms with Crippen molar-refractivity contribution >= 4 is 0 Å². The first-order valence-electron chi connectivity index (χ1n) is 4.75. The normalized spacial score (nSPS) is 9.17. The Kier molecular flexibility index (Phi) is 15.2. The minimum atomic E-state index is 1.27. The second kappa shape index (κ2) is 13.1. The van der Waals surface area contributed by atoms with E-state index < -0.39 is 0 Å². The first-order chi connectivity index (χ1) is 5.81. The third-order valence-corrected chi connectivity index (χ3v) is 1.79. The molecule has 72 valence electrons. The zero-order valence-corrected chi connectivity index (χ0v) is 8.71. The van der Waals surface area contributed by atoms with E-state index in [1.165, 1.54) is 38.8 Å². The van der Waals surface area contributed by atoms with Gasteiger partial charge in [0.15, 0.2) is 0 Å². The van der Waals surface area contributed by atoms with Crippen molar-refractivity contribution in [2.75, 3.05) is 20.1 Å². The molecule has 0 heterocycles. The molecule has 2 nitrogen and oxygen atoms in total. The van der Waals surface area contributed by atoms with E-state index in [9.17, 15) is 0 Å². The van der Waals surface area contributed by atoms with E-state index in [1.54, 1.807) is 0 Å². The van der Waals surface area contributed by atoms with Crippen LogP contribution in [0.1, 0.15) is 39.5 Å². The van der Waals surface area contributed by atoms with Crippen LogP contribution in [0.25, 0.3) is 0 Å². The van der Waals surface area contributed by atoms with Gasteiger partial charge in [-0.25, -0.2) is 5.26 Å². The van der Waals surface area contributed by atoms with Crippen molar-refractivity contribution in [3.05, 3.63) is 0 Å². The summed E-state index contributed by atoms with van der Waals surface area (Å²) in [6, 6.07) is 0. The molecule has 0 spiro atoms. The number of hydrogen-bond acceptors (Lipinski definition) is 2. The standard InChI is InChI=1S/C9H21N.CHN/c1-4-6-8-10(3)9-7-5-2;1-2/h4-9H2,1-3H3;1H. The van der Waals surface area contributed by atoms with Crippen LogP contribution in [0.3, 0.4) is 0 Å². The summed E-state index contributed by atoms with van der Waals surface area (Å²) in [6.45, 7) is 10.5. The molecule has 0 N–H and O–H groups in total. The maximum Gasteiger partial charge on any atom is 0.0462 e. The maximum absolute atomic E-state index is 6.50. The Morgan fingerprint density at radius 2 is 1.33 bits per heavy atom. The minimum absolute atomic E-state index is 1.27. The molecule has 0 unspecified atom stereocenters. The van der Waals surface area contributed by atoms with E-state index in [-0.39, 0.29) is 0 Å². The zero-order chi connectivity index (χ0) is 9.82. The van der Waals surface area contributed by atoms with Gasteiger partial charge in [-0.05, 0) is 33.0 Å². The highest BCUT2D eigenvalue weighted by atomic mass is 15.1. The second-order valence-electron chi connectivity index (χ2n) is 3.01. The van der Waals surface area contributed by atoms with Crippen molar-refractivity contribution in [2.24, 2.45) is 0 Å². The van der Waals surface area contributed by atoms with Crippen LogP contribution in [-0.2, 0) is 0 Å². The van der Waals surface area contributed by atoms with Crippen LogP contribution in [0.5, 0.6) is 0 Å². The molecule has 0 radical (unpaired) electrons. The SMILES string of the molecule is C#N.CCCCN(C)CCCC. The molecule has 0 aliphatic rings. The lowest BCUT2D eigenvalue weighted by atomic mass is 10.3. The van der Waals surface area contributed by atoms with Crippen molar-refractivity contribution in [3.63, 3.8) is 0 Å². The molecule has 0 aromatic rings. The second-order valence-corrected chi connectivity index (χ2v) is 3.01. The molecule has 0 saturated heterocycles. The summed E-state index contributed by atoms with van der Waals surface area (Å²) in [6.07, 6.45) is 5.33. The Labute approximate surface area is 77.2 Å². The van der Waals surface area contributed by atoms with E-state index in [2.05, 4.69) is 32.4 Å². The van der Waals surface area contributed by atoms with E-state index in [0.717, 1.165) is 0 Å². The van der Waals surface area contributed by atoms with Gasteiger partial charge in [0.2, 0.25) is 0 Å². The summed E-state index contributed by atoms with van der Waals surface area (Å²) in [7, 11) is 2.21. The summed E-state index contributed by atoms with van der Waals surface area (Å²) in [5.41, 5.74) is 0.